The fourth-order valence-electron chi connectivity index (χ4n) is 1.49. The standard InChI is InChI=1S/C13H11FN2O2/c14-10-5-2-1-4-9(10)8-15-13(18)11-6-3-7-12(17)16-11/h1-7H,8H2,(H,15,18)(H,16,17). The lowest BCUT2D eigenvalue weighted by molar-refractivity contribution is 0.0945. The molecule has 0 atom stereocenters. The van der Waals surface area contributed by atoms with Gasteiger partial charge in [0.2, 0.25) is 5.56 Å². The zero-order valence-electron chi connectivity index (χ0n) is 9.44. The number of carbonyl (C=O) groups is 1. The van der Waals surface area contributed by atoms with Crippen molar-refractivity contribution in [3.05, 3.63) is 69.9 Å². The van der Waals surface area contributed by atoms with Crippen LogP contribution in [0.2, 0.25) is 0 Å². The van der Waals surface area contributed by atoms with Gasteiger partial charge in [-0.15, -0.1) is 0 Å². The highest BCUT2D eigenvalue weighted by Gasteiger charge is 2.07. The van der Waals surface area contributed by atoms with E-state index in [1.807, 2.05) is 0 Å². The van der Waals surface area contributed by atoms with Crippen molar-refractivity contribution in [2.24, 2.45) is 0 Å². The normalized spacial score (nSPS) is 10.1. The van der Waals surface area contributed by atoms with Gasteiger partial charge in [-0.2, -0.15) is 0 Å². The van der Waals surface area contributed by atoms with Gasteiger partial charge in [0.05, 0.1) is 0 Å². The first-order valence-corrected chi connectivity index (χ1v) is 5.38. The minimum absolute atomic E-state index is 0.0719. The van der Waals surface area contributed by atoms with E-state index in [2.05, 4.69) is 10.3 Å². The van der Waals surface area contributed by atoms with Gasteiger partial charge in [0.25, 0.3) is 5.91 Å². The largest absolute Gasteiger partial charge is 0.347 e. The molecule has 2 rings (SSSR count). The number of aromatic nitrogens is 1. The predicted molar refractivity (Wildman–Crippen MR) is 64.6 cm³/mol. The van der Waals surface area contributed by atoms with Crippen LogP contribution in [0, 0.1) is 5.82 Å². The van der Waals surface area contributed by atoms with E-state index in [4.69, 9.17) is 0 Å². The number of hydrogen-bond donors (Lipinski definition) is 2. The van der Waals surface area contributed by atoms with E-state index in [0.29, 0.717) is 5.56 Å². The number of pyridine rings is 1. The summed E-state index contributed by atoms with van der Waals surface area (Å²) < 4.78 is 13.3. The molecular formula is C13H11FN2O2. The van der Waals surface area contributed by atoms with Gasteiger partial charge >= 0.3 is 0 Å². The number of nitrogens with one attached hydrogen (secondary N) is 2. The molecule has 0 saturated carbocycles. The maximum Gasteiger partial charge on any atom is 0.268 e. The highest BCUT2D eigenvalue weighted by molar-refractivity contribution is 5.92. The molecule has 5 heteroatoms. The Morgan fingerprint density at radius 3 is 2.67 bits per heavy atom. The molecular weight excluding hydrogens is 235 g/mol. The zero-order chi connectivity index (χ0) is 13.0. The van der Waals surface area contributed by atoms with Crippen molar-refractivity contribution in [2.75, 3.05) is 0 Å². The van der Waals surface area contributed by atoms with Gasteiger partial charge in [0.1, 0.15) is 11.5 Å². The average Bonchev–Trinajstić information content (AvgIpc) is 2.37. The van der Waals surface area contributed by atoms with Crippen LogP contribution >= 0.6 is 0 Å². The van der Waals surface area contributed by atoms with Crippen LogP contribution in [0.15, 0.2) is 47.3 Å². The van der Waals surface area contributed by atoms with Gasteiger partial charge in [-0.25, -0.2) is 4.39 Å². The molecule has 0 aliphatic rings. The Bertz CT molecular complexity index is 622. The van der Waals surface area contributed by atoms with Crippen LogP contribution in [-0.4, -0.2) is 10.9 Å². The van der Waals surface area contributed by atoms with Gasteiger partial charge in [-0.1, -0.05) is 24.3 Å². The van der Waals surface area contributed by atoms with Crippen LogP contribution in [0.5, 0.6) is 0 Å². The van der Waals surface area contributed by atoms with Gasteiger partial charge in [-0.3, -0.25) is 9.59 Å². The third-order valence-corrected chi connectivity index (χ3v) is 2.41. The molecule has 0 aliphatic carbocycles. The molecule has 1 heterocycles. The van der Waals surface area contributed by atoms with Crippen molar-refractivity contribution in [3.63, 3.8) is 0 Å². The molecule has 18 heavy (non-hydrogen) atoms. The van der Waals surface area contributed by atoms with E-state index in [-0.39, 0.29) is 23.6 Å². The number of amides is 1. The van der Waals surface area contributed by atoms with Crippen LogP contribution in [0.4, 0.5) is 4.39 Å². The van der Waals surface area contributed by atoms with Crippen molar-refractivity contribution in [2.45, 2.75) is 6.54 Å². The first kappa shape index (κ1) is 12.0. The van der Waals surface area contributed by atoms with Crippen LogP contribution in [0.25, 0.3) is 0 Å². The number of carbonyl (C=O) groups excluding carboxylic acids is 1. The lowest BCUT2D eigenvalue weighted by Gasteiger charge is -2.05. The summed E-state index contributed by atoms with van der Waals surface area (Å²) >= 11 is 0. The summed E-state index contributed by atoms with van der Waals surface area (Å²) in [5, 5.41) is 2.53. The second-order valence-electron chi connectivity index (χ2n) is 3.70. The Hall–Kier alpha value is -2.43. The smallest absolute Gasteiger partial charge is 0.268 e. The average molecular weight is 246 g/mol. The Morgan fingerprint density at radius 2 is 1.94 bits per heavy atom. The summed E-state index contributed by atoms with van der Waals surface area (Å²) in [4.78, 5) is 25.1. The van der Waals surface area contributed by atoms with E-state index < -0.39 is 5.91 Å². The zero-order valence-corrected chi connectivity index (χ0v) is 9.44. The summed E-state index contributed by atoms with van der Waals surface area (Å²) in [5.41, 5.74) is 0.191. The molecule has 92 valence electrons. The number of halogens is 1. The second-order valence-corrected chi connectivity index (χ2v) is 3.70. The first-order valence-electron chi connectivity index (χ1n) is 5.38. The summed E-state index contributed by atoms with van der Waals surface area (Å²) in [5.74, 6) is -0.824. The number of H-pyrrole nitrogens is 1. The second kappa shape index (κ2) is 5.27. The third-order valence-electron chi connectivity index (χ3n) is 2.41. The van der Waals surface area contributed by atoms with Crippen LogP contribution < -0.4 is 10.9 Å². The minimum Gasteiger partial charge on any atom is -0.347 e. The Balaban J connectivity index is 2.05. The van der Waals surface area contributed by atoms with Crippen molar-refractivity contribution >= 4 is 5.91 Å². The Morgan fingerprint density at radius 1 is 1.17 bits per heavy atom. The van der Waals surface area contributed by atoms with Crippen molar-refractivity contribution in [1.29, 1.82) is 0 Å². The van der Waals surface area contributed by atoms with E-state index in [9.17, 15) is 14.0 Å². The molecule has 0 unspecified atom stereocenters. The maximum absolute atomic E-state index is 13.3. The molecule has 0 radical (unpaired) electrons. The van der Waals surface area contributed by atoms with Crippen LogP contribution in [0.3, 0.4) is 0 Å². The first-order chi connectivity index (χ1) is 8.66. The highest BCUT2D eigenvalue weighted by atomic mass is 19.1. The number of hydrogen-bond acceptors (Lipinski definition) is 2. The molecule has 1 amide bonds. The lowest BCUT2D eigenvalue weighted by atomic mass is 10.2. The molecule has 0 spiro atoms. The highest BCUT2D eigenvalue weighted by Crippen LogP contribution is 2.05. The molecule has 1 aromatic heterocycles. The molecule has 2 N–H and O–H groups in total. The summed E-state index contributed by atoms with van der Waals surface area (Å²) in [6, 6.07) is 10.5. The fourth-order valence-corrected chi connectivity index (χ4v) is 1.49. The van der Waals surface area contributed by atoms with Gasteiger partial charge < -0.3 is 10.3 Å². The molecule has 1 aromatic carbocycles. The number of aromatic amines is 1. The molecule has 4 nitrogen and oxygen atoms in total. The van der Waals surface area contributed by atoms with E-state index in [1.165, 1.54) is 24.3 Å². The van der Waals surface area contributed by atoms with Crippen molar-refractivity contribution in [1.82, 2.24) is 10.3 Å². The van der Waals surface area contributed by atoms with E-state index in [1.54, 1.807) is 18.2 Å². The number of benzene rings is 1. The Labute approximate surface area is 102 Å². The monoisotopic (exact) mass is 246 g/mol. The Kier molecular flexibility index (Phi) is 3.52. The maximum atomic E-state index is 13.3. The summed E-state index contributed by atoms with van der Waals surface area (Å²) in [6.07, 6.45) is 0. The van der Waals surface area contributed by atoms with Crippen molar-refractivity contribution in [3.8, 4) is 0 Å². The molecule has 0 saturated heterocycles. The molecule has 0 fully saturated rings. The molecule has 0 aliphatic heterocycles. The van der Waals surface area contributed by atoms with E-state index in [0.717, 1.165) is 0 Å². The van der Waals surface area contributed by atoms with Gasteiger partial charge in [0.15, 0.2) is 0 Å². The van der Waals surface area contributed by atoms with Gasteiger partial charge in [-0.05, 0) is 12.1 Å². The van der Waals surface area contributed by atoms with Crippen LogP contribution in [-0.2, 0) is 6.54 Å². The van der Waals surface area contributed by atoms with Crippen LogP contribution in [0.1, 0.15) is 16.1 Å². The minimum atomic E-state index is -0.448. The quantitative estimate of drug-likeness (QED) is 0.860. The number of rotatable bonds is 3. The summed E-state index contributed by atoms with van der Waals surface area (Å²) in [6.45, 7) is 0.0719. The SMILES string of the molecule is O=C(NCc1ccccc1F)c1cccc(=O)[nH]1. The van der Waals surface area contributed by atoms with Gasteiger partial charge in [0, 0.05) is 18.2 Å². The van der Waals surface area contributed by atoms with E-state index >= 15 is 0 Å². The lowest BCUT2D eigenvalue weighted by Crippen LogP contribution is -2.26. The fraction of sp³-hybridized carbons (Fsp3) is 0.0769. The predicted octanol–water partition coefficient (Wildman–Crippen LogP) is 1.44. The van der Waals surface area contributed by atoms with Crippen molar-refractivity contribution < 1.29 is 9.18 Å². The molecule has 0 bridgehead atoms. The molecule has 2 aromatic rings. The topological polar surface area (TPSA) is 62.0 Å². The third kappa shape index (κ3) is 2.82. The summed E-state index contributed by atoms with van der Waals surface area (Å²) in [7, 11) is 0.